The van der Waals surface area contributed by atoms with Crippen molar-refractivity contribution in [2.45, 2.75) is 0 Å². The number of rotatable bonds is 8. The lowest BCUT2D eigenvalue weighted by atomic mass is 10.2. The molecule has 172 valence electrons. The molecule has 3 rings (SSSR count). The van der Waals surface area contributed by atoms with Crippen molar-refractivity contribution in [2.24, 2.45) is 0 Å². The fourth-order valence-corrected chi connectivity index (χ4v) is 3.45. The van der Waals surface area contributed by atoms with Crippen molar-refractivity contribution in [1.29, 1.82) is 0 Å². The zero-order valence-electron chi connectivity index (χ0n) is 16.8. The number of non-ortho nitro benzene ring substituents is 2. The Labute approximate surface area is 201 Å². The van der Waals surface area contributed by atoms with E-state index >= 15 is 0 Å². The van der Waals surface area contributed by atoms with Crippen LogP contribution in [0.25, 0.3) is 0 Å². The van der Waals surface area contributed by atoms with Gasteiger partial charge in [0.25, 0.3) is 11.4 Å². The highest BCUT2D eigenvalue weighted by Crippen LogP contribution is 2.48. The maximum Gasteiger partial charge on any atom is 0.272 e. The summed E-state index contributed by atoms with van der Waals surface area (Å²) in [7, 11) is 2.75. The maximum absolute atomic E-state index is 11.0. The summed E-state index contributed by atoms with van der Waals surface area (Å²) >= 11 is 18.4. The minimum absolute atomic E-state index is 0.0157. The van der Waals surface area contributed by atoms with Crippen LogP contribution >= 0.6 is 34.8 Å². The van der Waals surface area contributed by atoms with Gasteiger partial charge in [-0.15, -0.1) is 0 Å². The summed E-state index contributed by atoms with van der Waals surface area (Å²) in [5.74, 6) is 0.559. The van der Waals surface area contributed by atoms with Crippen molar-refractivity contribution in [3.8, 4) is 34.5 Å². The minimum Gasteiger partial charge on any atom is -0.496 e. The number of hydrogen-bond acceptors (Lipinski definition) is 8. The summed E-state index contributed by atoms with van der Waals surface area (Å²) in [6, 6.07) is 8.79. The van der Waals surface area contributed by atoms with Crippen molar-refractivity contribution in [1.82, 2.24) is 0 Å². The van der Waals surface area contributed by atoms with Crippen LogP contribution in [-0.4, -0.2) is 24.1 Å². The van der Waals surface area contributed by atoms with Crippen LogP contribution in [0.1, 0.15) is 0 Å². The second kappa shape index (κ2) is 9.99. The quantitative estimate of drug-likeness (QED) is 0.230. The van der Waals surface area contributed by atoms with Crippen LogP contribution in [0.3, 0.4) is 0 Å². The first-order valence-corrected chi connectivity index (χ1v) is 9.97. The highest BCUT2D eigenvalue weighted by molar-refractivity contribution is 6.37. The average Bonchev–Trinajstić information content (AvgIpc) is 2.76. The van der Waals surface area contributed by atoms with Gasteiger partial charge in [-0.3, -0.25) is 20.2 Å². The standard InChI is InChI=1S/C20H13Cl3N2O8/c1-30-12-8-17(32-16-4-3-10(24(26)27)5-13(16)21)20(31-2)18(9-12)33-19-14(22)6-11(25(28)29)7-15(19)23/h3-9H,1-2H3. The van der Waals surface area contributed by atoms with Gasteiger partial charge in [0.2, 0.25) is 5.75 Å². The lowest BCUT2D eigenvalue weighted by molar-refractivity contribution is -0.385. The molecule has 0 aliphatic heterocycles. The molecule has 0 fully saturated rings. The number of methoxy groups -OCH3 is 2. The Morgan fingerprint density at radius 3 is 1.70 bits per heavy atom. The molecular weight excluding hydrogens is 503 g/mol. The Balaban J connectivity index is 2.06. The Morgan fingerprint density at radius 2 is 1.21 bits per heavy atom. The van der Waals surface area contributed by atoms with E-state index in [-0.39, 0.29) is 60.9 Å². The Kier molecular flexibility index (Phi) is 7.32. The van der Waals surface area contributed by atoms with E-state index in [1.165, 1.54) is 38.5 Å². The van der Waals surface area contributed by atoms with Gasteiger partial charge in [-0.05, 0) is 6.07 Å². The van der Waals surface area contributed by atoms with Crippen molar-refractivity contribution >= 4 is 46.2 Å². The molecule has 0 heterocycles. The fraction of sp³-hybridized carbons (Fsp3) is 0.100. The SMILES string of the molecule is COc1cc(Oc2ccc([N+](=O)[O-])cc2Cl)c(OC)c(Oc2c(Cl)cc([N+](=O)[O-])cc2Cl)c1. The molecule has 0 unspecified atom stereocenters. The number of nitro benzene ring substituents is 2. The lowest BCUT2D eigenvalue weighted by Crippen LogP contribution is -1.98. The molecule has 0 N–H and O–H groups in total. The first-order chi connectivity index (χ1) is 15.6. The van der Waals surface area contributed by atoms with Crippen molar-refractivity contribution in [3.63, 3.8) is 0 Å². The fourth-order valence-electron chi connectivity index (χ4n) is 2.69. The van der Waals surface area contributed by atoms with Crippen molar-refractivity contribution in [2.75, 3.05) is 14.2 Å². The van der Waals surface area contributed by atoms with Gasteiger partial charge < -0.3 is 18.9 Å². The highest BCUT2D eigenvalue weighted by Gasteiger charge is 2.22. The summed E-state index contributed by atoms with van der Waals surface area (Å²) in [4.78, 5) is 20.7. The second-order valence-electron chi connectivity index (χ2n) is 6.23. The third-order valence-corrected chi connectivity index (χ3v) is 5.04. The summed E-state index contributed by atoms with van der Waals surface area (Å²) in [5, 5.41) is 21.7. The van der Waals surface area contributed by atoms with Crippen LogP contribution in [0.15, 0.2) is 42.5 Å². The monoisotopic (exact) mass is 514 g/mol. The molecule has 0 atom stereocenters. The summed E-state index contributed by atoms with van der Waals surface area (Å²) in [6.07, 6.45) is 0. The molecule has 13 heteroatoms. The molecule has 0 saturated carbocycles. The predicted molar refractivity (Wildman–Crippen MR) is 121 cm³/mol. The van der Waals surface area contributed by atoms with Crippen LogP contribution in [0, 0.1) is 20.2 Å². The molecule has 0 aliphatic carbocycles. The van der Waals surface area contributed by atoms with Crippen molar-refractivity contribution in [3.05, 3.63) is 77.8 Å². The van der Waals surface area contributed by atoms with Crippen LogP contribution in [0.4, 0.5) is 11.4 Å². The molecule has 3 aromatic rings. The van der Waals surface area contributed by atoms with E-state index in [1.807, 2.05) is 0 Å². The number of benzene rings is 3. The number of nitro groups is 2. The largest absolute Gasteiger partial charge is 0.496 e. The van der Waals surface area contributed by atoms with Gasteiger partial charge in [0.05, 0.1) is 39.1 Å². The molecule has 10 nitrogen and oxygen atoms in total. The van der Waals surface area contributed by atoms with Gasteiger partial charge >= 0.3 is 0 Å². The third-order valence-electron chi connectivity index (χ3n) is 4.19. The third kappa shape index (κ3) is 5.30. The second-order valence-corrected chi connectivity index (χ2v) is 7.45. The minimum atomic E-state index is -0.645. The molecule has 0 bridgehead atoms. The van der Waals surface area contributed by atoms with E-state index in [0.717, 1.165) is 18.2 Å². The Bertz CT molecular complexity index is 1230. The van der Waals surface area contributed by atoms with Gasteiger partial charge in [-0.1, -0.05) is 34.8 Å². The molecule has 0 amide bonds. The van der Waals surface area contributed by atoms with Gasteiger partial charge in [0, 0.05) is 36.4 Å². The van der Waals surface area contributed by atoms with Crippen LogP contribution in [-0.2, 0) is 0 Å². The smallest absolute Gasteiger partial charge is 0.272 e. The molecule has 0 aliphatic rings. The normalized spacial score (nSPS) is 10.5. The van der Waals surface area contributed by atoms with Gasteiger partial charge in [-0.25, -0.2) is 0 Å². The number of hydrogen-bond donors (Lipinski definition) is 0. The predicted octanol–water partition coefficient (Wildman–Crippen LogP) is 7.07. The Hall–Kier alpha value is -3.47. The first-order valence-electron chi connectivity index (χ1n) is 8.83. The van der Waals surface area contributed by atoms with Gasteiger partial charge in [0.15, 0.2) is 17.2 Å². The molecular formula is C20H13Cl3N2O8. The first kappa shape index (κ1) is 24.2. The zero-order valence-corrected chi connectivity index (χ0v) is 19.1. The van der Waals surface area contributed by atoms with E-state index in [1.54, 1.807) is 0 Å². The number of ether oxygens (including phenoxy) is 4. The zero-order chi connectivity index (χ0) is 24.3. The summed E-state index contributed by atoms with van der Waals surface area (Å²) in [5.41, 5.74) is -0.525. The van der Waals surface area contributed by atoms with Crippen LogP contribution in [0.5, 0.6) is 34.5 Å². The molecule has 33 heavy (non-hydrogen) atoms. The van der Waals surface area contributed by atoms with Crippen LogP contribution in [0.2, 0.25) is 15.1 Å². The topological polar surface area (TPSA) is 123 Å². The summed E-state index contributed by atoms with van der Waals surface area (Å²) in [6.45, 7) is 0. The van der Waals surface area contributed by atoms with E-state index in [2.05, 4.69) is 0 Å². The molecule has 0 radical (unpaired) electrons. The van der Waals surface area contributed by atoms with E-state index in [0.29, 0.717) is 0 Å². The van der Waals surface area contributed by atoms with E-state index in [9.17, 15) is 20.2 Å². The highest BCUT2D eigenvalue weighted by atomic mass is 35.5. The number of halogens is 3. The van der Waals surface area contributed by atoms with Crippen molar-refractivity contribution < 1.29 is 28.8 Å². The van der Waals surface area contributed by atoms with Gasteiger partial charge in [0.1, 0.15) is 11.5 Å². The Morgan fingerprint density at radius 1 is 0.667 bits per heavy atom. The number of nitrogens with zero attached hydrogens (tertiary/aromatic N) is 2. The lowest BCUT2D eigenvalue weighted by Gasteiger charge is -2.17. The average molecular weight is 516 g/mol. The van der Waals surface area contributed by atoms with Gasteiger partial charge in [-0.2, -0.15) is 0 Å². The van der Waals surface area contributed by atoms with E-state index < -0.39 is 9.85 Å². The molecule has 0 saturated heterocycles. The molecule has 0 aromatic heterocycles. The van der Waals surface area contributed by atoms with E-state index in [4.69, 9.17) is 53.8 Å². The molecule has 0 spiro atoms. The van der Waals surface area contributed by atoms with Crippen LogP contribution < -0.4 is 18.9 Å². The summed E-state index contributed by atoms with van der Waals surface area (Å²) < 4.78 is 22.3. The maximum atomic E-state index is 11.0. The molecule has 3 aromatic carbocycles.